The molecule has 0 aliphatic heterocycles. The third kappa shape index (κ3) is 3.92. The fraction of sp³-hybridized carbons (Fsp3) is 0.429. The molecule has 3 heteroatoms. The molecule has 17 heavy (non-hydrogen) atoms. The molecule has 0 heterocycles. The van der Waals surface area contributed by atoms with Crippen LogP contribution < -0.4 is 5.32 Å². The first kappa shape index (κ1) is 13.2. The first-order valence-corrected chi connectivity index (χ1v) is 5.79. The van der Waals surface area contributed by atoms with E-state index in [0.29, 0.717) is 12.3 Å². The SMILES string of the molecule is CC(=O)Nc1cccc(C(CC#N)C(C)C)c1. The first-order chi connectivity index (χ1) is 8.04. The highest BCUT2D eigenvalue weighted by Crippen LogP contribution is 2.29. The topological polar surface area (TPSA) is 52.9 Å². The van der Waals surface area contributed by atoms with Gasteiger partial charge in [-0.2, -0.15) is 5.26 Å². The molecular weight excluding hydrogens is 212 g/mol. The lowest BCUT2D eigenvalue weighted by atomic mass is 9.86. The number of nitrogens with zero attached hydrogens (tertiary/aromatic N) is 1. The molecule has 0 saturated carbocycles. The molecule has 1 aromatic rings. The van der Waals surface area contributed by atoms with E-state index < -0.39 is 0 Å². The monoisotopic (exact) mass is 230 g/mol. The van der Waals surface area contributed by atoms with Gasteiger partial charge in [-0.15, -0.1) is 0 Å². The number of hydrogen-bond acceptors (Lipinski definition) is 2. The lowest BCUT2D eigenvalue weighted by Gasteiger charge is -2.19. The fourth-order valence-corrected chi connectivity index (χ4v) is 1.89. The van der Waals surface area contributed by atoms with Crippen LogP contribution in [0.15, 0.2) is 24.3 Å². The van der Waals surface area contributed by atoms with Gasteiger partial charge in [0.05, 0.1) is 6.07 Å². The van der Waals surface area contributed by atoms with Gasteiger partial charge in [0, 0.05) is 19.0 Å². The van der Waals surface area contributed by atoms with Crippen LogP contribution in [0.25, 0.3) is 0 Å². The summed E-state index contributed by atoms with van der Waals surface area (Å²) in [5.74, 6) is 0.541. The van der Waals surface area contributed by atoms with E-state index in [2.05, 4.69) is 25.2 Å². The quantitative estimate of drug-likeness (QED) is 0.862. The van der Waals surface area contributed by atoms with Gasteiger partial charge < -0.3 is 5.32 Å². The van der Waals surface area contributed by atoms with Crippen LogP contribution in [-0.4, -0.2) is 5.91 Å². The van der Waals surface area contributed by atoms with Crippen molar-refractivity contribution in [1.29, 1.82) is 5.26 Å². The Morgan fingerprint density at radius 3 is 2.71 bits per heavy atom. The number of carbonyl (C=O) groups excluding carboxylic acids is 1. The molecule has 0 aliphatic rings. The average Bonchev–Trinajstić information content (AvgIpc) is 2.24. The van der Waals surface area contributed by atoms with Gasteiger partial charge in [-0.05, 0) is 29.5 Å². The maximum Gasteiger partial charge on any atom is 0.221 e. The largest absolute Gasteiger partial charge is 0.326 e. The molecule has 1 unspecified atom stereocenters. The molecular formula is C14H18N2O. The molecule has 0 aliphatic carbocycles. The lowest BCUT2D eigenvalue weighted by molar-refractivity contribution is -0.114. The zero-order valence-corrected chi connectivity index (χ0v) is 10.5. The van der Waals surface area contributed by atoms with Crippen molar-refractivity contribution in [3.63, 3.8) is 0 Å². The van der Waals surface area contributed by atoms with Gasteiger partial charge in [-0.1, -0.05) is 26.0 Å². The van der Waals surface area contributed by atoms with E-state index in [-0.39, 0.29) is 11.8 Å². The normalized spacial score (nSPS) is 11.9. The molecule has 90 valence electrons. The minimum Gasteiger partial charge on any atom is -0.326 e. The van der Waals surface area contributed by atoms with Crippen molar-refractivity contribution in [3.8, 4) is 6.07 Å². The second-order valence-electron chi connectivity index (χ2n) is 4.52. The summed E-state index contributed by atoms with van der Waals surface area (Å²) in [7, 11) is 0. The van der Waals surface area contributed by atoms with Gasteiger partial charge in [0.2, 0.25) is 5.91 Å². The van der Waals surface area contributed by atoms with Gasteiger partial charge >= 0.3 is 0 Å². The van der Waals surface area contributed by atoms with Crippen molar-refractivity contribution < 1.29 is 4.79 Å². The van der Waals surface area contributed by atoms with E-state index in [1.807, 2.05) is 24.3 Å². The minimum absolute atomic E-state index is 0.0801. The summed E-state index contributed by atoms with van der Waals surface area (Å²) in [6, 6.07) is 9.94. The highest BCUT2D eigenvalue weighted by Gasteiger charge is 2.15. The van der Waals surface area contributed by atoms with Gasteiger partial charge in [0.1, 0.15) is 0 Å². The molecule has 1 amide bonds. The number of nitrogens with one attached hydrogen (secondary N) is 1. The van der Waals surface area contributed by atoms with Crippen molar-refractivity contribution in [2.75, 3.05) is 5.32 Å². The summed E-state index contributed by atoms with van der Waals surface area (Å²) in [4.78, 5) is 11.0. The van der Waals surface area contributed by atoms with Crippen LogP contribution in [0.2, 0.25) is 0 Å². The molecule has 1 N–H and O–H groups in total. The molecule has 1 aromatic carbocycles. The second-order valence-corrected chi connectivity index (χ2v) is 4.52. The Balaban J connectivity index is 2.96. The van der Waals surface area contributed by atoms with Crippen LogP contribution in [0.1, 0.15) is 38.7 Å². The highest BCUT2D eigenvalue weighted by molar-refractivity contribution is 5.88. The van der Waals surface area contributed by atoms with Gasteiger partial charge in [-0.25, -0.2) is 0 Å². The van der Waals surface area contributed by atoms with Crippen LogP contribution in [0.5, 0.6) is 0 Å². The number of hydrogen-bond donors (Lipinski definition) is 1. The van der Waals surface area contributed by atoms with Crippen LogP contribution in [0.4, 0.5) is 5.69 Å². The van der Waals surface area contributed by atoms with Crippen LogP contribution >= 0.6 is 0 Å². The van der Waals surface area contributed by atoms with Gasteiger partial charge in [0.25, 0.3) is 0 Å². The summed E-state index contributed by atoms with van der Waals surface area (Å²) >= 11 is 0. The smallest absolute Gasteiger partial charge is 0.221 e. The third-order valence-electron chi connectivity index (χ3n) is 2.75. The Labute approximate surface area is 102 Å². The molecule has 0 radical (unpaired) electrons. The summed E-state index contributed by atoms with van der Waals surface area (Å²) in [5, 5.41) is 11.6. The van der Waals surface area contributed by atoms with E-state index in [4.69, 9.17) is 5.26 Å². The third-order valence-corrected chi connectivity index (χ3v) is 2.75. The number of nitriles is 1. The zero-order chi connectivity index (χ0) is 12.8. The van der Waals surface area contributed by atoms with Crippen molar-refractivity contribution in [2.24, 2.45) is 5.92 Å². The van der Waals surface area contributed by atoms with Crippen molar-refractivity contribution in [2.45, 2.75) is 33.1 Å². The Hall–Kier alpha value is -1.82. The molecule has 3 nitrogen and oxygen atoms in total. The predicted molar refractivity (Wildman–Crippen MR) is 68.6 cm³/mol. The number of benzene rings is 1. The molecule has 0 fully saturated rings. The van der Waals surface area contributed by atoms with Crippen LogP contribution in [-0.2, 0) is 4.79 Å². The number of carbonyl (C=O) groups is 1. The van der Waals surface area contributed by atoms with Crippen molar-refractivity contribution in [3.05, 3.63) is 29.8 Å². The maximum absolute atomic E-state index is 11.0. The number of anilines is 1. The Bertz CT molecular complexity index is 432. The fourth-order valence-electron chi connectivity index (χ4n) is 1.89. The summed E-state index contributed by atoms with van der Waals surface area (Å²) in [6.45, 7) is 5.70. The number of rotatable bonds is 4. The summed E-state index contributed by atoms with van der Waals surface area (Å²) < 4.78 is 0. The van der Waals surface area contributed by atoms with E-state index in [9.17, 15) is 4.79 Å². The standard InChI is InChI=1S/C14H18N2O/c1-10(2)14(7-8-15)12-5-4-6-13(9-12)16-11(3)17/h4-6,9-10,14H,7H2,1-3H3,(H,16,17). The van der Waals surface area contributed by atoms with Crippen LogP contribution in [0, 0.1) is 17.2 Å². The average molecular weight is 230 g/mol. The van der Waals surface area contributed by atoms with E-state index >= 15 is 0 Å². The van der Waals surface area contributed by atoms with Gasteiger partial charge in [0.15, 0.2) is 0 Å². The zero-order valence-electron chi connectivity index (χ0n) is 10.5. The molecule has 0 bridgehead atoms. The van der Waals surface area contributed by atoms with Crippen molar-refractivity contribution in [1.82, 2.24) is 0 Å². The predicted octanol–water partition coefficient (Wildman–Crippen LogP) is 3.30. The Morgan fingerprint density at radius 2 is 2.18 bits per heavy atom. The molecule has 1 atom stereocenters. The second kappa shape index (κ2) is 6.05. The summed E-state index contributed by atoms with van der Waals surface area (Å²) in [6.07, 6.45) is 0.501. The minimum atomic E-state index is -0.0801. The van der Waals surface area contributed by atoms with Crippen LogP contribution in [0.3, 0.4) is 0 Å². The van der Waals surface area contributed by atoms with E-state index in [0.717, 1.165) is 11.3 Å². The van der Waals surface area contributed by atoms with E-state index in [1.54, 1.807) is 0 Å². The van der Waals surface area contributed by atoms with Crippen molar-refractivity contribution >= 4 is 11.6 Å². The Kier molecular flexibility index (Phi) is 4.71. The van der Waals surface area contributed by atoms with Gasteiger partial charge in [-0.3, -0.25) is 4.79 Å². The molecule has 0 aromatic heterocycles. The molecule has 0 spiro atoms. The maximum atomic E-state index is 11.0. The number of amides is 1. The lowest BCUT2D eigenvalue weighted by Crippen LogP contribution is -2.09. The van der Waals surface area contributed by atoms with E-state index in [1.165, 1.54) is 6.92 Å². The summed E-state index contributed by atoms with van der Waals surface area (Å²) in [5.41, 5.74) is 1.89. The Morgan fingerprint density at radius 1 is 1.47 bits per heavy atom. The first-order valence-electron chi connectivity index (χ1n) is 5.79. The molecule has 0 saturated heterocycles. The highest BCUT2D eigenvalue weighted by atomic mass is 16.1. The molecule has 1 rings (SSSR count).